The average Bonchev–Trinajstić information content (AvgIpc) is 2.96. The maximum atomic E-state index is 13.3. The van der Waals surface area contributed by atoms with Crippen LogP contribution < -0.4 is 14.8 Å². The standard InChI is InChI=1S/C29H41N3O5S/c1-37-27-15-9-8-14-26(27)28(34)30-22-29(24-12-6-3-7-13-24)16-18-32(19-17-29)38(35,36)31-25(21-33)20-23-10-4-2-5-11-23/h3,6-9,12-15,23,25,31,33H,2,4-5,10-11,16-22H2,1H3,(H,30,34). The van der Waals surface area contributed by atoms with Crippen molar-refractivity contribution in [2.75, 3.05) is 33.4 Å². The zero-order chi connectivity index (χ0) is 27.0. The van der Waals surface area contributed by atoms with Crippen LogP contribution in [0.25, 0.3) is 0 Å². The molecule has 0 radical (unpaired) electrons. The van der Waals surface area contributed by atoms with Crippen LogP contribution >= 0.6 is 0 Å². The van der Waals surface area contributed by atoms with Crippen molar-refractivity contribution in [1.82, 2.24) is 14.3 Å². The van der Waals surface area contributed by atoms with Crippen molar-refractivity contribution in [3.05, 3.63) is 65.7 Å². The van der Waals surface area contributed by atoms with Crippen LogP contribution in [0, 0.1) is 5.92 Å². The van der Waals surface area contributed by atoms with Crippen LogP contribution in [0.15, 0.2) is 54.6 Å². The summed E-state index contributed by atoms with van der Waals surface area (Å²) < 4.78 is 36.2. The number of methoxy groups -OCH3 is 1. The van der Waals surface area contributed by atoms with Crippen LogP contribution in [-0.4, -0.2) is 63.1 Å². The lowest BCUT2D eigenvalue weighted by atomic mass is 9.73. The Hall–Kier alpha value is -2.46. The van der Waals surface area contributed by atoms with Crippen LogP contribution in [0.2, 0.25) is 0 Å². The molecule has 1 heterocycles. The first-order chi connectivity index (χ1) is 18.4. The number of benzene rings is 2. The molecule has 2 fully saturated rings. The summed E-state index contributed by atoms with van der Waals surface area (Å²) in [6, 6.07) is 16.6. The van der Waals surface area contributed by atoms with Gasteiger partial charge in [0.15, 0.2) is 0 Å². The van der Waals surface area contributed by atoms with Gasteiger partial charge in [0.05, 0.1) is 19.3 Å². The summed E-state index contributed by atoms with van der Waals surface area (Å²) in [5.74, 6) is 0.753. The number of hydrogen-bond acceptors (Lipinski definition) is 5. The molecule has 1 amide bonds. The number of amides is 1. The SMILES string of the molecule is COc1ccccc1C(=O)NCC1(c2ccccc2)CCN(S(=O)(=O)NC(CO)CC2CCCCC2)CC1. The number of para-hydroxylation sites is 1. The Morgan fingerprint density at radius 1 is 1.05 bits per heavy atom. The van der Waals surface area contributed by atoms with E-state index in [0.717, 1.165) is 18.4 Å². The first kappa shape index (κ1) is 28.5. The summed E-state index contributed by atoms with van der Waals surface area (Å²) in [7, 11) is -2.20. The number of ether oxygens (including phenoxy) is 1. The molecule has 0 bridgehead atoms. The van der Waals surface area contributed by atoms with Gasteiger partial charge in [0, 0.05) is 31.1 Å². The number of nitrogens with zero attached hydrogens (tertiary/aromatic N) is 1. The molecule has 3 N–H and O–H groups in total. The molecular formula is C29H41N3O5S. The predicted octanol–water partition coefficient (Wildman–Crippen LogP) is 3.62. The molecule has 2 aromatic carbocycles. The van der Waals surface area contributed by atoms with E-state index in [1.54, 1.807) is 18.2 Å². The minimum absolute atomic E-state index is 0.202. The van der Waals surface area contributed by atoms with Crippen LogP contribution in [0.4, 0.5) is 0 Å². The predicted molar refractivity (Wildman–Crippen MR) is 148 cm³/mol. The van der Waals surface area contributed by atoms with Gasteiger partial charge in [0.2, 0.25) is 0 Å². The second-order valence-electron chi connectivity index (χ2n) is 10.7. The van der Waals surface area contributed by atoms with Gasteiger partial charge in [-0.05, 0) is 42.9 Å². The number of rotatable bonds is 11. The molecule has 1 aliphatic carbocycles. The number of piperidine rings is 1. The monoisotopic (exact) mass is 543 g/mol. The Morgan fingerprint density at radius 3 is 2.37 bits per heavy atom. The summed E-state index contributed by atoms with van der Waals surface area (Å²) in [5.41, 5.74) is 1.15. The summed E-state index contributed by atoms with van der Waals surface area (Å²) in [6.07, 6.45) is 7.60. The van der Waals surface area contributed by atoms with E-state index < -0.39 is 21.7 Å². The van der Waals surface area contributed by atoms with Gasteiger partial charge in [-0.15, -0.1) is 0 Å². The lowest BCUT2D eigenvalue weighted by molar-refractivity contribution is 0.0929. The molecule has 0 aromatic heterocycles. The normalized spacial score (nSPS) is 19.5. The number of aliphatic hydroxyl groups excluding tert-OH is 1. The molecule has 1 unspecified atom stereocenters. The van der Waals surface area contributed by atoms with Crippen LogP contribution in [0.1, 0.15) is 67.3 Å². The van der Waals surface area contributed by atoms with E-state index >= 15 is 0 Å². The van der Waals surface area contributed by atoms with E-state index in [2.05, 4.69) is 10.0 Å². The van der Waals surface area contributed by atoms with Crippen molar-refractivity contribution in [3.63, 3.8) is 0 Å². The van der Waals surface area contributed by atoms with E-state index in [4.69, 9.17) is 4.74 Å². The highest BCUT2D eigenvalue weighted by Gasteiger charge is 2.40. The molecule has 4 rings (SSSR count). The number of carbonyl (C=O) groups is 1. The molecule has 2 aromatic rings. The molecule has 1 saturated carbocycles. The van der Waals surface area contributed by atoms with Crippen molar-refractivity contribution in [2.24, 2.45) is 5.92 Å². The highest BCUT2D eigenvalue weighted by atomic mass is 32.2. The van der Waals surface area contributed by atoms with Gasteiger partial charge < -0.3 is 15.2 Å². The molecule has 1 atom stereocenters. The van der Waals surface area contributed by atoms with Crippen LogP contribution in [0.3, 0.4) is 0 Å². The lowest BCUT2D eigenvalue weighted by Crippen LogP contribution is -2.54. The Bertz CT molecular complexity index is 1140. The Balaban J connectivity index is 1.43. The lowest BCUT2D eigenvalue weighted by Gasteiger charge is -2.42. The molecule has 1 saturated heterocycles. The molecular weight excluding hydrogens is 502 g/mol. The minimum atomic E-state index is -3.74. The fourth-order valence-corrected chi connectivity index (χ4v) is 7.37. The number of nitrogens with one attached hydrogen (secondary N) is 2. The van der Waals surface area contributed by atoms with Gasteiger partial charge in [-0.25, -0.2) is 0 Å². The first-order valence-corrected chi connectivity index (χ1v) is 15.2. The van der Waals surface area contributed by atoms with E-state index in [9.17, 15) is 18.3 Å². The third kappa shape index (κ3) is 6.94. The third-order valence-electron chi connectivity index (χ3n) is 8.22. The minimum Gasteiger partial charge on any atom is -0.496 e. The van der Waals surface area contributed by atoms with Crippen LogP contribution in [0.5, 0.6) is 5.75 Å². The quantitative estimate of drug-likeness (QED) is 0.401. The summed E-state index contributed by atoms with van der Waals surface area (Å²) in [5, 5.41) is 13.0. The maximum Gasteiger partial charge on any atom is 0.279 e. The molecule has 2 aliphatic rings. The summed E-state index contributed by atoms with van der Waals surface area (Å²) >= 11 is 0. The molecule has 38 heavy (non-hydrogen) atoms. The summed E-state index contributed by atoms with van der Waals surface area (Å²) in [4.78, 5) is 13.1. The van der Waals surface area contributed by atoms with E-state index in [-0.39, 0.29) is 12.5 Å². The molecule has 1 aliphatic heterocycles. The van der Waals surface area contributed by atoms with Crippen molar-refractivity contribution in [1.29, 1.82) is 0 Å². The molecule has 208 valence electrons. The zero-order valence-corrected chi connectivity index (χ0v) is 23.1. The van der Waals surface area contributed by atoms with Crippen molar-refractivity contribution >= 4 is 16.1 Å². The topological polar surface area (TPSA) is 108 Å². The van der Waals surface area contributed by atoms with E-state index in [1.807, 2.05) is 36.4 Å². The van der Waals surface area contributed by atoms with Gasteiger partial charge in [-0.1, -0.05) is 74.6 Å². The van der Waals surface area contributed by atoms with Gasteiger partial charge in [0.25, 0.3) is 16.1 Å². The zero-order valence-electron chi connectivity index (χ0n) is 22.3. The second kappa shape index (κ2) is 13.1. The van der Waals surface area contributed by atoms with Gasteiger partial charge in [-0.2, -0.15) is 17.4 Å². The average molecular weight is 544 g/mol. The molecule has 9 heteroatoms. The van der Waals surface area contributed by atoms with Gasteiger partial charge in [-0.3, -0.25) is 4.79 Å². The largest absolute Gasteiger partial charge is 0.496 e. The highest BCUT2D eigenvalue weighted by molar-refractivity contribution is 7.87. The fourth-order valence-electron chi connectivity index (χ4n) is 5.96. The number of hydrogen-bond donors (Lipinski definition) is 3. The Labute approximate surface area is 227 Å². The summed E-state index contributed by atoms with van der Waals surface area (Å²) in [6.45, 7) is 0.843. The Kier molecular flexibility index (Phi) is 9.81. The van der Waals surface area contributed by atoms with E-state index in [1.165, 1.54) is 30.7 Å². The number of carbonyl (C=O) groups excluding carboxylic acids is 1. The van der Waals surface area contributed by atoms with Gasteiger partial charge >= 0.3 is 0 Å². The van der Waals surface area contributed by atoms with Crippen molar-refractivity contribution < 1.29 is 23.1 Å². The Morgan fingerprint density at radius 2 is 1.71 bits per heavy atom. The highest BCUT2D eigenvalue weighted by Crippen LogP contribution is 2.36. The smallest absolute Gasteiger partial charge is 0.279 e. The number of aliphatic hydroxyl groups is 1. The van der Waals surface area contributed by atoms with Crippen LogP contribution in [-0.2, 0) is 15.6 Å². The first-order valence-electron chi connectivity index (χ1n) is 13.7. The molecule has 8 nitrogen and oxygen atoms in total. The fraction of sp³-hybridized carbons (Fsp3) is 0.552. The van der Waals surface area contributed by atoms with E-state index in [0.29, 0.717) is 56.1 Å². The maximum absolute atomic E-state index is 13.3. The molecule has 0 spiro atoms. The van der Waals surface area contributed by atoms with Crippen molar-refractivity contribution in [3.8, 4) is 5.75 Å². The second-order valence-corrected chi connectivity index (χ2v) is 12.4. The van der Waals surface area contributed by atoms with Crippen molar-refractivity contribution in [2.45, 2.75) is 62.8 Å². The van der Waals surface area contributed by atoms with Gasteiger partial charge in [0.1, 0.15) is 5.75 Å². The third-order valence-corrected chi connectivity index (χ3v) is 9.90.